The normalized spacial score (nSPS) is 19.0. The molecule has 1 saturated heterocycles. The minimum absolute atomic E-state index is 0.0159. The topological polar surface area (TPSA) is 61.4 Å². The van der Waals surface area contributed by atoms with Crippen molar-refractivity contribution in [2.75, 3.05) is 18.4 Å². The molecule has 0 aromatic heterocycles. The smallest absolute Gasteiger partial charge is 0.246 e. The average Bonchev–Trinajstić information content (AvgIpc) is 3.57. The van der Waals surface area contributed by atoms with Crippen molar-refractivity contribution in [3.8, 4) is 0 Å². The molecule has 28 heavy (non-hydrogen) atoms. The number of rotatable bonds is 6. The summed E-state index contributed by atoms with van der Waals surface area (Å²) in [6.07, 6.45) is 3.81. The quantitative estimate of drug-likeness (QED) is 0.811. The van der Waals surface area contributed by atoms with Gasteiger partial charge in [0.1, 0.15) is 6.04 Å². The third kappa shape index (κ3) is 4.60. The molecule has 1 aliphatic carbocycles. The Balaban J connectivity index is 1.43. The Morgan fingerprint density at radius 3 is 2.07 bits per heavy atom. The number of hydrogen-bond donors (Lipinski definition) is 2. The summed E-state index contributed by atoms with van der Waals surface area (Å²) in [7, 11) is 0. The number of anilines is 1. The van der Waals surface area contributed by atoms with Gasteiger partial charge in [0.15, 0.2) is 0 Å². The van der Waals surface area contributed by atoms with Gasteiger partial charge in [-0.25, -0.2) is 0 Å². The zero-order chi connectivity index (χ0) is 19.3. The van der Waals surface area contributed by atoms with Crippen molar-refractivity contribution < 1.29 is 9.59 Å². The predicted octanol–water partition coefficient (Wildman–Crippen LogP) is 3.36. The van der Waals surface area contributed by atoms with E-state index in [-0.39, 0.29) is 29.8 Å². The minimum atomic E-state index is -0.332. The van der Waals surface area contributed by atoms with Gasteiger partial charge in [-0.3, -0.25) is 14.5 Å². The maximum Gasteiger partial charge on any atom is 0.246 e. The first-order valence-corrected chi connectivity index (χ1v) is 10.2. The Kier molecular flexibility index (Phi) is 5.72. The number of carbonyl (C=O) groups is 2. The van der Waals surface area contributed by atoms with E-state index >= 15 is 0 Å². The van der Waals surface area contributed by atoms with Gasteiger partial charge in [-0.15, -0.1) is 0 Å². The molecule has 2 amide bonds. The largest absolute Gasteiger partial charge is 0.353 e. The molecule has 1 aliphatic heterocycles. The molecule has 2 fully saturated rings. The van der Waals surface area contributed by atoms with E-state index in [0.717, 1.165) is 50.0 Å². The minimum Gasteiger partial charge on any atom is -0.353 e. The molecule has 2 N–H and O–H groups in total. The maximum atomic E-state index is 13.1. The molecule has 4 rings (SSSR count). The van der Waals surface area contributed by atoms with Crippen LogP contribution in [0.5, 0.6) is 0 Å². The molecule has 1 heterocycles. The molecule has 0 spiro atoms. The summed E-state index contributed by atoms with van der Waals surface area (Å²) in [4.78, 5) is 27.4. The van der Waals surface area contributed by atoms with E-state index in [1.165, 1.54) is 0 Å². The van der Waals surface area contributed by atoms with Gasteiger partial charge in [0.05, 0.1) is 0 Å². The summed E-state index contributed by atoms with van der Waals surface area (Å²) in [5.74, 6) is 0.435. The van der Waals surface area contributed by atoms with E-state index in [9.17, 15) is 9.59 Å². The van der Waals surface area contributed by atoms with E-state index in [0.29, 0.717) is 0 Å². The van der Waals surface area contributed by atoms with Crippen molar-refractivity contribution in [2.24, 2.45) is 5.92 Å². The molecule has 2 aliphatic rings. The van der Waals surface area contributed by atoms with E-state index in [4.69, 9.17) is 0 Å². The van der Waals surface area contributed by atoms with Gasteiger partial charge < -0.3 is 10.6 Å². The first-order valence-electron chi connectivity index (χ1n) is 10.2. The number of hydrogen-bond acceptors (Lipinski definition) is 3. The monoisotopic (exact) mass is 377 g/mol. The molecule has 0 radical (unpaired) electrons. The fraction of sp³-hybridized carbons (Fsp3) is 0.391. The summed E-state index contributed by atoms with van der Waals surface area (Å²) in [5, 5.41) is 6.24. The van der Waals surface area contributed by atoms with Crippen LogP contribution in [0.25, 0.3) is 0 Å². The number of benzene rings is 2. The summed E-state index contributed by atoms with van der Waals surface area (Å²) in [6.45, 7) is 1.58. The van der Waals surface area contributed by atoms with Crippen LogP contribution < -0.4 is 10.6 Å². The summed E-state index contributed by atoms with van der Waals surface area (Å²) < 4.78 is 0. The summed E-state index contributed by atoms with van der Waals surface area (Å²) >= 11 is 0. The summed E-state index contributed by atoms with van der Waals surface area (Å²) in [6, 6.07) is 19.4. The van der Waals surface area contributed by atoms with Crippen LogP contribution in [0.3, 0.4) is 0 Å². The Morgan fingerprint density at radius 2 is 1.46 bits per heavy atom. The molecular formula is C23H27N3O2. The second-order valence-electron chi connectivity index (χ2n) is 7.76. The third-order valence-corrected chi connectivity index (χ3v) is 5.59. The van der Waals surface area contributed by atoms with Gasteiger partial charge in [-0.1, -0.05) is 48.5 Å². The highest BCUT2D eigenvalue weighted by Crippen LogP contribution is 2.30. The van der Waals surface area contributed by atoms with Gasteiger partial charge in [0.25, 0.3) is 0 Å². The number of amides is 2. The van der Waals surface area contributed by atoms with Gasteiger partial charge in [-0.05, 0) is 43.4 Å². The van der Waals surface area contributed by atoms with Crippen LogP contribution in [0.4, 0.5) is 5.69 Å². The number of nitrogens with one attached hydrogen (secondary N) is 2. The Hall–Kier alpha value is -2.66. The third-order valence-electron chi connectivity index (χ3n) is 5.59. The molecule has 2 aromatic rings. The number of carbonyl (C=O) groups excluding carboxylic acids is 2. The van der Waals surface area contributed by atoms with E-state index < -0.39 is 0 Å². The highest BCUT2D eigenvalue weighted by atomic mass is 16.2. The lowest BCUT2D eigenvalue weighted by molar-refractivity contribution is -0.125. The van der Waals surface area contributed by atoms with Gasteiger partial charge in [0.2, 0.25) is 11.8 Å². The zero-order valence-electron chi connectivity index (χ0n) is 16.0. The fourth-order valence-electron chi connectivity index (χ4n) is 3.86. The van der Waals surface area contributed by atoms with Crippen LogP contribution in [0.1, 0.15) is 37.3 Å². The van der Waals surface area contributed by atoms with E-state index in [1.807, 2.05) is 60.7 Å². The molecule has 1 saturated carbocycles. The lowest BCUT2D eigenvalue weighted by Gasteiger charge is -2.37. The highest BCUT2D eigenvalue weighted by molar-refractivity contribution is 5.95. The first-order chi connectivity index (χ1) is 13.7. The molecule has 1 unspecified atom stereocenters. The zero-order valence-corrected chi connectivity index (χ0v) is 16.0. The van der Waals surface area contributed by atoms with Gasteiger partial charge >= 0.3 is 0 Å². The van der Waals surface area contributed by atoms with Gasteiger partial charge in [-0.2, -0.15) is 0 Å². The lowest BCUT2D eigenvalue weighted by atomic mass is 9.98. The second-order valence-corrected chi connectivity index (χ2v) is 7.76. The molecule has 146 valence electrons. The molecule has 1 atom stereocenters. The number of nitrogens with zero attached hydrogens (tertiary/aromatic N) is 1. The van der Waals surface area contributed by atoms with Crippen LogP contribution in [0.15, 0.2) is 60.7 Å². The molecular weight excluding hydrogens is 350 g/mol. The molecule has 2 aromatic carbocycles. The number of piperidine rings is 1. The molecule has 0 bridgehead atoms. The van der Waals surface area contributed by atoms with Crippen LogP contribution in [-0.4, -0.2) is 35.8 Å². The van der Waals surface area contributed by atoms with Crippen LogP contribution in [0.2, 0.25) is 0 Å². The second kappa shape index (κ2) is 8.57. The van der Waals surface area contributed by atoms with Crippen molar-refractivity contribution in [2.45, 2.75) is 37.8 Å². The Labute approximate surface area is 166 Å². The Morgan fingerprint density at radius 1 is 0.857 bits per heavy atom. The van der Waals surface area contributed by atoms with Crippen molar-refractivity contribution in [1.29, 1.82) is 0 Å². The van der Waals surface area contributed by atoms with Crippen molar-refractivity contribution in [3.63, 3.8) is 0 Å². The molecule has 5 heteroatoms. The summed E-state index contributed by atoms with van der Waals surface area (Å²) in [5.41, 5.74) is 1.80. The van der Waals surface area contributed by atoms with Crippen molar-refractivity contribution in [3.05, 3.63) is 66.2 Å². The lowest BCUT2D eigenvalue weighted by Crippen LogP contribution is -2.48. The Bertz CT molecular complexity index is 797. The predicted molar refractivity (Wildman–Crippen MR) is 110 cm³/mol. The van der Waals surface area contributed by atoms with Crippen LogP contribution in [0, 0.1) is 5.92 Å². The first kappa shape index (κ1) is 18.7. The van der Waals surface area contributed by atoms with Crippen LogP contribution in [-0.2, 0) is 9.59 Å². The highest BCUT2D eigenvalue weighted by Gasteiger charge is 2.34. The average molecular weight is 377 g/mol. The van der Waals surface area contributed by atoms with Crippen molar-refractivity contribution in [1.82, 2.24) is 10.2 Å². The van der Waals surface area contributed by atoms with Gasteiger partial charge in [0, 0.05) is 30.7 Å². The number of para-hydroxylation sites is 1. The fourth-order valence-corrected chi connectivity index (χ4v) is 3.86. The number of likely N-dealkylation sites (tertiary alicyclic amines) is 1. The maximum absolute atomic E-state index is 13.1. The van der Waals surface area contributed by atoms with E-state index in [2.05, 4.69) is 15.5 Å². The van der Waals surface area contributed by atoms with Crippen LogP contribution >= 0.6 is 0 Å². The van der Waals surface area contributed by atoms with Crippen molar-refractivity contribution >= 4 is 17.5 Å². The SMILES string of the molecule is O=C(NC1CCN(C(C(=O)Nc2ccccc2)c2ccccc2)CC1)C1CC1. The molecule has 5 nitrogen and oxygen atoms in total. The standard InChI is InChI=1S/C23H27N3O2/c27-22(18-11-12-18)24-20-13-15-26(16-14-20)21(17-7-3-1-4-8-17)23(28)25-19-9-5-2-6-10-19/h1-10,18,20-21H,11-16H2,(H,24,27)(H,25,28). The van der Waals surface area contributed by atoms with E-state index in [1.54, 1.807) is 0 Å².